The molecule has 11 nitrogen and oxygen atoms in total. The fourth-order valence-corrected chi connectivity index (χ4v) is 3.95. The molecule has 0 unspecified atom stereocenters. The van der Waals surface area contributed by atoms with Crippen LogP contribution in [-0.4, -0.2) is 43.3 Å². The van der Waals surface area contributed by atoms with E-state index in [9.17, 15) is 4.79 Å². The number of nitrogens with two attached hydrogens (primary N) is 1. The highest BCUT2D eigenvalue weighted by Crippen LogP contribution is 2.36. The van der Waals surface area contributed by atoms with Gasteiger partial charge in [0.1, 0.15) is 5.75 Å². The molecule has 1 saturated heterocycles. The molecule has 1 aliphatic rings. The second kappa shape index (κ2) is 11.7. The second-order valence-corrected chi connectivity index (χ2v) is 8.01. The molecule has 0 radical (unpaired) electrons. The zero-order chi connectivity index (χ0) is 25.3. The lowest BCUT2D eigenvalue weighted by molar-refractivity contribution is 0.114. The van der Waals surface area contributed by atoms with E-state index in [1.165, 1.54) is 18.4 Å². The van der Waals surface area contributed by atoms with Gasteiger partial charge in [0.25, 0.3) is 0 Å². The van der Waals surface area contributed by atoms with Crippen molar-refractivity contribution >= 4 is 23.4 Å². The van der Waals surface area contributed by atoms with E-state index >= 15 is 0 Å². The van der Waals surface area contributed by atoms with Gasteiger partial charge >= 0.3 is 6.03 Å². The standard InChI is InChI=1S/C25H27N7O4/c1-34-22-11-19(7-8-21(22)23-14-28-16-36-23)32(24(27)33)18-5-2-4-17(10-18)12-29-25(31-15-26)30-13-20-6-3-9-35-20/h2,4-5,7-8,10-11,14,16,20H,3,6,9,12-13H2,1H3,(H2,27,33)(H2,29,30,31)/t20-/m1/s1. The largest absolute Gasteiger partial charge is 0.496 e. The van der Waals surface area contributed by atoms with Crippen molar-refractivity contribution in [2.75, 3.05) is 25.2 Å². The molecule has 0 aliphatic carbocycles. The quantitative estimate of drug-likeness (QED) is 0.189. The highest BCUT2D eigenvalue weighted by atomic mass is 16.5. The summed E-state index contributed by atoms with van der Waals surface area (Å²) in [6.07, 6.45) is 6.92. The van der Waals surface area contributed by atoms with Gasteiger partial charge in [-0.05, 0) is 42.7 Å². The van der Waals surface area contributed by atoms with Gasteiger partial charge in [0.15, 0.2) is 18.3 Å². The maximum absolute atomic E-state index is 12.5. The fraction of sp³-hybridized carbons (Fsp3) is 0.280. The summed E-state index contributed by atoms with van der Waals surface area (Å²) in [6.45, 7) is 1.59. The molecular weight excluding hydrogens is 462 g/mol. The third kappa shape index (κ3) is 5.92. The molecule has 1 fully saturated rings. The summed E-state index contributed by atoms with van der Waals surface area (Å²) in [7, 11) is 1.53. The number of aliphatic imine (C=N–C) groups is 1. The first-order chi connectivity index (χ1) is 17.6. The molecule has 36 heavy (non-hydrogen) atoms. The summed E-state index contributed by atoms with van der Waals surface area (Å²) in [5, 5.41) is 14.8. The average molecular weight is 490 g/mol. The van der Waals surface area contributed by atoms with Crippen LogP contribution in [0, 0.1) is 11.5 Å². The van der Waals surface area contributed by atoms with Crippen molar-refractivity contribution in [3.63, 3.8) is 0 Å². The third-order valence-electron chi connectivity index (χ3n) is 5.65. The number of ether oxygens (including phenoxy) is 2. The van der Waals surface area contributed by atoms with Crippen LogP contribution in [0.3, 0.4) is 0 Å². The zero-order valence-electron chi connectivity index (χ0n) is 19.8. The Bertz CT molecular complexity index is 1250. The van der Waals surface area contributed by atoms with Crippen molar-refractivity contribution in [1.82, 2.24) is 15.6 Å². The summed E-state index contributed by atoms with van der Waals surface area (Å²) in [4.78, 5) is 22.3. The number of primary amides is 1. The molecule has 1 aliphatic heterocycles. The smallest absolute Gasteiger partial charge is 0.323 e. The van der Waals surface area contributed by atoms with E-state index in [-0.39, 0.29) is 12.6 Å². The summed E-state index contributed by atoms with van der Waals surface area (Å²) in [5.41, 5.74) is 8.36. The maximum Gasteiger partial charge on any atom is 0.323 e. The number of oxazole rings is 1. The number of nitrogens with one attached hydrogen (secondary N) is 2. The Balaban J connectivity index is 1.54. The summed E-state index contributed by atoms with van der Waals surface area (Å²) in [6, 6.07) is 11.9. The Kier molecular flexibility index (Phi) is 8.00. The number of aromatic nitrogens is 1. The number of benzene rings is 2. The molecule has 1 aromatic heterocycles. The van der Waals surface area contributed by atoms with E-state index in [1.807, 2.05) is 24.4 Å². The predicted octanol–water partition coefficient (Wildman–Crippen LogP) is 3.26. The number of carbonyl (C=O) groups is 1. The first kappa shape index (κ1) is 24.6. The van der Waals surface area contributed by atoms with Crippen LogP contribution < -0.4 is 26.0 Å². The molecule has 186 valence electrons. The minimum atomic E-state index is -0.657. The first-order valence-electron chi connectivity index (χ1n) is 11.4. The molecule has 0 saturated carbocycles. The Morgan fingerprint density at radius 2 is 2.19 bits per heavy atom. The SMILES string of the molecule is COc1cc(N(C(N)=O)c2cccc(CN=C(NC#N)NC[C@H]3CCCO3)c2)ccc1-c1cnco1. The Morgan fingerprint density at radius 1 is 1.33 bits per heavy atom. The van der Waals surface area contributed by atoms with E-state index < -0.39 is 6.03 Å². The van der Waals surface area contributed by atoms with Crippen LogP contribution in [0.5, 0.6) is 5.75 Å². The van der Waals surface area contributed by atoms with E-state index in [1.54, 1.807) is 30.5 Å². The van der Waals surface area contributed by atoms with Crippen molar-refractivity contribution in [2.24, 2.45) is 10.7 Å². The number of nitrogens with zero attached hydrogens (tertiary/aromatic N) is 4. The van der Waals surface area contributed by atoms with Gasteiger partial charge in [-0.1, -0.05) is 12.1 Å². The van der Waals surface area contributed by atoms with E-state index in [4.69, 9.17) is 24.9 Å². The Morgan fingerprint density at radius 3 is 2.89 bits per heavy atom. The number of guanidine groups is 1. The lowest BCUT2D eigenvalue weighted by Gasteiger charge is -2.22. The number of hydrogen-bond acceptors (Lipinski definition) is 7. The fourth-order valence-electron chi connectivity index (χ4n) is 3.95. The number of rotatable bonds is 8. The van der Waals surface area contributed by atoms with E-state index in [0.29, 0.717) is 41.0 Å². The molecular formula is C25H27N7O4. The van der Waals surface area contributed by atoms with Crippen LogP contribution in [0.15, 0.2) is 64.5 Å². The minimum absolute atomic E-state index is 0.107. The van der Waals surface area contributed by atoms with Crippen LogP contribution in [0.2, 0.25) is 0 Å². The zero-order valence-corrected chi connectivity index (χ0v) is 19.8. The summed E-state index contributed by atoms with van der Waals surface area (Å²) < 4.78 is 16.5. The van der Waals surface area contributed by atoms with Crippen molar-refractivity contribution in [3.8, 4) is 23.3 Å². The van der Waals surface area contributed by atoms with Crippen LogP contribution in [0.25, 0.3) is 11.3 Å². The minimum Gasteiger partial charge on any atom is -0.496 e. The number of urea groups is 1. The van der Waals surface area contributed by atoms with Gasteiger partial charge in [0.2, 0.25) is 5.96 Å². The number of methoxy groups -OCH3 is 1. The molecule has 0 spiro atoms. The van der Waals surface area contributed by atoms with Gasteiger partial charge in [-0.25, -0.2) is 14.8 Å². The van der Waals surface area contributed by atoms with Gasteiger partial charge in [-0.15, -0.1) is 0 Å². The second-order valence-electron chi connectivity index (χ2n) is 8.01. The Hall–Kier alpha value is -4.56. The highest BCUT2D eigenvalue weighted by Gasteiger charge is 2.19. The molecule has 4 rings (SSSR count). The van der Waals surface area contributed by atoms with Crippen molar-refractivity contribution in [1.29, 1.82) is 5.26 Å². The molecule has 1 atom stereocenters. The van der Waals surface area contributed by atoms with Crippen molar-refractivity contribution in [3.05, 3.63) is 60.6 Å². The highest BCUT2D eigenvalue weighted by molar-refractivity contribution is 5.99. The lowest BCUT2D eigenvalue weighted by Crippen LogP contribution is -2.39. The molecule has 2 heterocycles. The van der Waals surface area contributed by atoms with E-state index in [2.05, 4.69) is 20.6 Å². The third-order valence-corrected chi connectivity index (χ3v) is 5.65. The summed E-state index contributed by atoms with van der Waals surface area (Å²) in [5.74, 6) is 1.40. The van der Waals surface area contributed by atoms with E-state index in [0.717, 1.165) is 25.0 Å². The topological polar surface area (TPSA) is 151 Å². The first-order valence-corrected chi connectivity index (χ1v) is 11.4. The predicted molar refractivity (Wildman–Crippen MR) is 134 cm³/mol. The molecule has 2 amide bonds. The van der Waals surface area contributed by atoms with Crippen molar-refractivity contribution in [2.45, 2.75) is 25.5 Å². The average Bonchev–Trinajstić information content (AvgIpc) is 3.60. The molecule has 0 bridgehead atoms. The van der Waals surface area contributed by atoms with Crippen LogP contribution in [-0.2, 0) is 11.3 Å². The van der Waals surface area contributed by atoms with Gasteiger partial charge in [-0.2, -0.15) is 5.26 Å². The lowest BCUT2D eigenvalue weighted by atomic mass is 10.1. The van der Waals surface area contributed by atoms with Crippen LogP contribution in [0.1, 0.15) is 18.4 Å². The summed E-state index contributed by atoms with van der Waals surface area (Å²) >= 11 is 0. The maximum atomic E-state index is 12.5. The van der Waals surface area contributed by atoms with Gasteiger partial charge in [0.05, 0.1) is 42.9 Å². The van der Waals surface area contributed by atoms with Crippen LogP contribution >= 0.6 is 0 Å². The monoisotopic (exact) mass is 489 g/mol. The number of carbonyl (C=O) groups excluding carboxylic acids is 1. The van der Waals surface area contributed by atoms with Gasteiger partial charge < -0.3 is 24.9 Å². The van der Waals surface area contributed by atoms with Gasteiger partial charge in [-0.3, -0.25) is 10.2 Å². The Labute approximate surface area is 208 Å². The number of anilines is 2. The molecule has 2 aromatic carbocycles. The molecule has 3 aromatic rings. The van der Waals surface area contributed by atoms with Gasteiger partial charge in [0, 0.05) is 19.2 Å². The normalized spacial score (nSPS) is 15.2. The number of amides is 2. The molecule has 4 N–H and O–H groups in total. The number of hydrogen-bond donors (Lipinski definition) is 3. The van der Waals surface area contributed by atoms with Crippen LogP contribution in [0.4, 0.5) is 16.2 Å². The number of nitriles is 1. The molecule has 11 heteroatoms. The van der Waals surface area contributed by atoms with Crippen molar-refractivity contribution < 1.29 is 18.7 Å².